The Bertz CT molecular complexity index is 266. The second-order valence-electron chi connectivity index (χ2n) is 2.38. The quantitative estimate of drug-likeness (QED) is 0.812. The molecule has 0 radical (unpaired) electrons. The van der Waals surface area contributed by atoms with Crippen molar-refractivity contribution >= 4 is 12.4 Å². The van der Waals surface area contributed by atoms with Gasteiger partial charge in [-0.1, -0.05) is 0 Å². The Balaban J connectivity index is 0.00000144. The van der Waals surface area contributed by atoms with Crippen molar-refractivity contribution in [2.75, 3.05) is 14.2 Å². The van der Waals surface area contributed by atoms with E-state index >= 15 is 0 Å². The van der Waals surface area contributed by atoms with Gasteiger partial charge in [-0.25, -0.2) is 0 Å². The number of benzene rings is 1. The Morgan fingerprint density at radius 2 is 1.92 bits per heavy atom. The minimum atomic E-state index is 0. The van der Waals surface area contributed by atoms with E-state index in [9.17, 15) is 0 Å². The number of halogens is 1. The van der Waals surface area contributed by atoms with Gasteiger partial charge in [-0.15, -0.1) is 12.4 Å². The first-order valence-corrected chi connectivity index (χ1v) is 3.72. The maximum atomic E-state index is 5.51. The molecule has 74 valence electrons. The maximum absolute atomic E-state index is 5.51. The first-order valence-electron chi connectivity index (χ1n) is 3.72. The smallest absolute Gasteiger partial charge is 0.123 e. The summed E-state index contributed by atoms with van der Waals surface area (Å²) in [4.78, 5) is 0. The number of ether oxygens (including phenoxy) is 2. The van der Waals surface area contributed by atoms with Crippen molar-refractivity contribution in [1.29, 1.82) is 0 Å². The first kappa shape index (κ1) is 12.1. The van der Waals surface area contributed by atoms with E-state index in [1.54, 1.807) is 14.2 Å². The van der Waals surface area contributed by atoms with Crippen LogP contribution in [0.3, 0.4) is 0 Å². The summed E-state index contributed by atoms with van der Waals surface area (Å²) in [5, 5.41) is 0. The third-order valence-electron chi connectivity index (χ3n) is 1.71. The Labute approximate surface area is 84.2 Å². The largest absolute Gasteiger partial charge is 0.497 e. The standard InChI is InChI=1S/C9H13NO2.ClH/c1-11-8-3-4-9(12-2)7(5-8)6-10;/h3-5H,6,10H2,1-2H3;1H. The topological polar surface area (TPSA) is 44.5 Å². The summed E-state index contributed by atoms with van der Waals surface area (Å²) in [6, 6.07) is 5.57. The summed E-state index contributed by atoms with van der Waals surface area (Å²) >= 11 is 0. The molecule has 0 spiro atoms. The zero-order valence-corrected chi connectivity index (χ0v) is 8.56. The Morgan fingerprint density at radius 1 is 1.23 bits per heavy atom. The molecule has 3 nitrogen and oxygen atoms in total. The third-order valence-corrected chi connectivity index (χ3v) is 1.71. The van der Waals surface area contributed by atoms with E-state index in [0.717, 1.165) is 17.1 Å². The van der Waals surface area contributed by atoms with Crippen LogP contribution in [-0.2, 0) is 6.54 Å². The van der Waals surface area contributed by atoms with Crippen LogP contribution < -0.4 is 15.2 Å². The molecule has 4 heteroatoms. The lowest BCUT2D eigenvalue weighted by molar-refractivity contribution is 0.399. The predicted octanol–water partition coefficient (Wildman–Crippen LogP) is 1.58. The number of rotatable bonds is 3. The highest BCUT2D eigenvalue weighted by Gasteiger charge is 2.01. The summed E-state index contributed by atoms with van der Waals surface area (Å²) in [6.07, 6.45) is 0. The van der Waals surface area contributed by atoms with Crippen molar-refractivity contribution < 1.29 is 9.47 Å². The van der Waals surface area contributed by atoms with Crippen LogP contribution in [0.2, 0.25) is 0 Å². The zero-order valence-electron chi connectivity index (χ0n) is 7.74. The summed E-state index contributed by atoms with van der Waals surface area (Å²) in [6.45, 7) is 0.459. The molecule has 0 saturated carbocycles. The minimum Gasteiger partial charge on any atom is -0.497 e. The SMILES string of the molecule is COc1ccc(OC)c(CN)c1.Cl. The molecule has 0 unspecified atom stereocenters. The van der Waals surface area contributed by atoms with Crippen molar-refractivity contribution in [3.8, 4) is 11.5 Å². The Hall–Kier alpha value is -0.930. The summed E-state index contributed by atoms with van der Waals surface area (Å²) in [5.41, 5.74) is 6.47. The van der Waals surface area contributed by atoms with E-state index in [1.165, 1.54) is 0 Å². The van der Waals surface area contributed by atoms with E-state index in [1.807, 2.05) is 18.2 Å². The molecule has 0 amide bonds. The highest BCUT2D eigenvalue weighted by molar-refractivity contribution is 5.85. The van der Waals surface area contributed by atoms with E-state index in [2.05, 4.69) is 0 Å². The maximum Gasteiger partial charge on any atom is 0.123 e. The predicted molar refractivity (Wildman–Crippen MR) is 54.7 cm³/mol. The van der Waals surface area contributed by atoms with Crippen molar-refractivity contribution in [2.24, 2.45) is 5.73 Å². The van der Waals surface area contributed by atoms with Crippen molar-refractivity contribution in [2.45, 2.75) is 6.54 Å². The van der Waals surface area contributed by atoms with Gasteiger partial charge in [-0.2, -0.15) is 0 Å². The lowest BCUT2D eigenvalue weighted by Gasteiger charge is -2.07. The fraction of sp³-hybridized carbons (Fsp3) is 0.333. The van der Waals surface area contributed by atoms with Crippen LogP contribution in [0.1, 0.15) is 5.56 Å². The summed E-state index contributed by atoms with van der Waals surface area (Å²) in [5.74, 6) is 1.61. The van der Waals surface area contributed by atoms with Gasteiger partial charge < -0.3 is 15.2 Å². The first-order chi connectivity index (χ1) is 5.81. The van der Waals surface area contributed by atoms with E-state index in [0.29, 0.717) is 6.54 Å². The molecule has 0 aromatic heterocycles. The molecule has 0 heterocycles. The van der Waals surface area contributed by atoms with Crippen LogP contribution in [0.25, 0.3) is 0 Å². The highest BCUT2D eigenvalue weighted by Crippen LogP contribution is 2.22. The molecule has 13 heavy (non-hydrogen) atoms. The van der Waals surface area contributed by atoms with Crippen molar-refractivity contribution in [1.82, 2.24) is 0 Å². The summed E-state index contributed by atoms with van der Waals surface area (Å²) in [7, 11) is 3.25. The number of hydrogen-bond acceptors (Lipinski definition) is 3. The molecule has 0 aliphatic rings. The molecule has 2 N–H and O–H groups in total. The molecule has 1 aromatic carbocycles. The van der Waals surface area contributed by atoms with Crippen LogP contribution in [-0.4, -0.2) is 14.2 Å². The average Bonchev–Trinajstić information content (AvgIpc) is 2.16. The summed E-state index contributed by atoms with van der Waals surface area (Å²) < 4.78 is 10.1. The molecule has 0 atom stereocenters. The molecule has 0 saturated heterocycles. The van der Waals surface area contributed by atoms with E-state index in [-0.39, 0.29) is 12.4 Å². The Kier molecular flexibility index (Phi) is 5.26. The molecular formula is C9H14ClNO2. The van der Waals surface area contributed by atoms with Crippen LogP contribution >= 0.6 is 12.4 Å². The number of hydrogen-bond donors (Lipinski definition) is 1. The van der Waals surface area contributed by atoms with Crippen LogP contribution in [0.5, 0.6) is 11.5 Å². The van der Waals surface area contributed by atoms with Gasteiger partial charge in [0.2, 0.25) is 0 Å². The number of nitrogens with two attached hydrogens (primary N) is 1. The lowest BCUT2D eigenvalue weighted by Crippen LogP contribution is -2.00. The molecule has 0 aliphatic heterocycles. The van der Waals surface area contributed by atoms with Gasteiger partial charge in [0.15, 0.2) is 0 Å². The minimum absolute atomic E-state index is 0. The van der Waals surface area contributed by atoms with Gasteiger partial charge in [0.25, 0.3) is 0 Å². The lowest BCUT2D eigenvalue weighted by atomic mass is 10.2. The van der Waals surface area contributed by atoms with Gasteiger partial charge in [0.05, 0.1) is 14.2 Å². The number of methoxy groups -OCH3 is 2. The van der Waals surface area contributed by atoms with Gasteiger partial charge in [-0.3, -0.25) is 0 Å². The van der Waals surface area contributed by atoms with Crippen molar-refractivity contribution in [3.05, 3.63) is 23.8 Å². The molecular weight excluding hydrogens is 190 g/mol. The molecule has 1 aromatic rings. The van der Waals surface area contributed by atoms with Gasteiger partial charge >= 0.3 is 0 Å². The zero-order chi connectivity index (χ0) is 8.97. The highest BCUT2D eigenvalue weighted by atomic mass is 35.5. The fourth-order valence-corrected chi connectivity index (χ4v) is 1.04. The normalized spacial score (nSPS) is 8.85. The molecule has 0 fully saturated rings. The van der Waals surface area contributed by atoms with E-state index < -0.39 is 0 Å². The van der Waals surface area contributed by atoms with Crippen molar-refractivity contribution in [3.63, 3.8) is 0 Å². The third kappa shape index (κ3) is 2.79. The fourth-order valence-electron chi connectivity index (χ4n) is 1.04. The Morgan fingerprint density at radius 3 is 2.38 bits per heavy atom. The van der Waals surface area contributed by atoms with Gasteiger partial charge in [0.1, 0.15) is 11.5 Å². The monoisotopic (exact) mass is 203 g/mol. The van der Waals surface area contributed by atoms with E-state index in [4.69, 9.17) is 15.2 Å². The second kappa shape index (κ2) is 5.67. The van der Waals surface area contributed by atoms with Gasteiger partial charge in [0, 0.05) is 12.1 Å². The molecule has 0 bridgehead atoms. The van der Waals surface area contributed by atoms with Crippen LogP contribution in [0.15, 0.2) is 18.2 Å². The molecule has 0 aliphatic carbocycles. The second-order valence-corrected chi connectivity index (χ2v) is 2.38. The van der Waals surface area contributed by atoms with Crippen LogP contribution in [0, 0.1) is 0 Å². The average molecular weight is 204 g/mol. The molecule has 1 rings (SSSR count). The van der Waals surface area contributed by atoms with Crippen LogP contribution in [0.4, 0.5) is 0 Å². The van der Waals surface area contributed by atoms with Gasteiger partial charge in [-0.05, 0) is 18.2 Å².